The molecule has 23 heavy (non-hydrogen) atoms. The quantitative estimate of drug-likeness (QED) is 0.880. The molecule has 1 aliphatic heterocycles. The Bertz CT molecular complexity index is 740. The SMILES string of the molecule is O=C(O)C(c1ccccc1)C(C(=O)O)c1ccc2c(c1)OCO2. The molecular formula is C17H14O6. The van der Waals surface area contributed by atoms with E-state index in [4.69, 9.17) is 9.47 Å². The van der Waals surface area contributed by atoms with Crippen LogP contribution in [0.5, 0.6) is 11.5 Å². The van der Waals surface area contributed by atoms with Crippen molar-refractivity contribution in [3.63, 3.8) is 0 Å². The molecule has 0 amide bonds. The first-order valence-corrected chi connectivity index (χ1v) is 6.98. The maximum absolute atomic E-state index is 11.8. The van der Waals surface area contributed by atoms with Crippen molar-refractivity contribution in [2.75, 3.05) is 6.79 Å². The van der Waals surface area contributed by atoms with Crippen molar-refractivity contribution >= 4 is 11.9 Å². The van der Waals surface area contributed by atoms with Crippen molar-refractivity contribution in [1.82, 2.24) is 0 Å². The second-order valence-electron chi connectivity index (χ2n) is 5.16. The van der Waals surface area contributed by atoms with Gasteiger partial charge in [-0.3, -0.25) is 9.59 Å². The Hall–Kier alpha value is -3.02. The Morgan fingerprint density at radius 3 is 2.09 bits per heavy atom. The molecule has 0 bridgehead atoms. The second kappa shape index (κ2) is 6.00. The highest BCUT2D eigenvalue weighted by Gasteiger charge is 2.37. The van der Waals surface area contributed by atoms with Gasteiger partial charge in [0.05, 0.1) is 11.8 Å². The maximum Gasteiger partial charge on any atom is 0.312 e. The van der Waals surface area contributed by atoms with Gasteiger partial charge in [-0.2, -0.15) is 0 Å². The molecule has 6 nitrogen and oxygen atoms in total. The van der Waals surface area contributed by atoms with Crippen molar-refractivity contribution in [2.24, 2.45) is 0 Å². The molecule has 1 heterocycles. The summed E-state index contributed by atoms with van der Waals surface area (Å²) in [6.45, 7) is 0.0670. The lowest BCUT2D eigenvalue weighted by Crippen LogP contribution is -2.26. The summed E-state index contributed by atoms with van der Waals surface area (Å²) in [7, 11) is 0. The molecule has 1 aliphatic rings. The highest BCUT2D eigenvalue weighted by molar-refractivity contribution is 5.88. The summed E-state index contributed by atoms with van der Waals surface area (Å²) in [6, 6.07) is 13.0. The molecule has 0 saturated heterocycles. The Kier molecular flexibility index (Phi) is 3.89. The molecule has 0 radical (unpaired) electrons. The average molecular weight is 314 g/mol. The highest BCUT2D eigenvalue weighted by atomic mass is 16.7. The molecule has 0 fully saturated rings. The lowest BCUT2D eigenvalue weighted by molar-refractivity contribution is -0.147. The fourth-order valence-corrected chi connectivity index (χ4v) is 2.72. The summed E-state index contributed by atoms with van der Waals surface area (Å²) in [5.41, 5.74) is 0.795. The van der Waals surface area contributed by atoms with E-state index < -0.39 is 23.8 Å². The van der Waals surface area contributed by atoms with Gasteiger partial charge in [0.25, 0.3) is 0 Å². The lowest BCUT2D eigenvalue weighted by atomic mass is 9.81. The summed E-state index contributed by atoms with van der Waals surface area (Å²) >= 11 is 0. The molecule has 118 valence electrons. The van der Waals surface area contributed by atoms with E-state index in [1.54, 1.807) is 42.5 Å². The van der Waals surface area contributed by atoms with Gasteiger partial charge in [0.1, 0.15) is 0 Å². The van der Waals surface area contributed by atoms with Gasteiger partial charge in [0.2, 0.25) is 6.79 Å². The number of carboxylic acids is 2. The largest absolute Gasteiger partial charge is 0.481 e. The Morgan fingerprint density at radius 2 is 1.43 bits per heavy atom. The van der Waals surface area contributed by atoms with Crippen LogP contribution in [0.25, 0.3) is 0 Å². The van der Waals surface area contributed by atoms with Crippen molar-refractivity contribution in [3.8, 4) is 11.5 Å². The molecule has 0 saturated carbocycles. The van der Waals surface area contributed by atoms with Gasteiger partial charge in [0, 0.05) is 0 Å². The summed E-state index contributed by atoms with van der Waals surface area (Å²) in [5.74, 6) is -3.89. The predicted molar refractivity (Wildman–Crippen MR) is 79.8 cm³/mol. The number of hydrogen-bond acceptors (Lipinski definition) is 4. The van der Waals surface area contributed by atoms with Gasteiger partial charge >= 0.3 is 11.9 Å². The summed E-state index contributed by atoms with van der Waals surface area (Å²) in [5, 5.41) is 19.2. The number of rotatable bonds is 5. The Morgan fingerprint density at radius 1 is 0.826 bits per heavy atom. The van der Waals surface area contributed by atoms with Crippen LogP contribution in [0.15, 0.2) is 48.5 Å². The number of ether oxygens (including phenoxy) is 2. The predicted octanol–water partition coefficient (Wildman–Crippen LogP) is 2.45. The van der Waals surface area contributed by atoms with E-state index in [9.17, 15) is 19.8 Å². The van der Waals surface area contributed by atoms with Crippen LogP contribution in [0.3, 0.4) is 0 Å². The molecule has 2 aromatic carbocycles. The minimum Gasteiger partial charge on any atom is -0.481 e. The summed E-state index contributed by atoms with van der Waals surface area (Å²) in [6.07, 6.45) is 0. The number of benzene rings is 2. The van der Waals surface area contributed by atoms with E-state index in [2.05, 4.69) is 0 Å². The Balaban J connectivity index is 2.06. The monoisotopic (exact) mass is 314 g/mol. The van der Waals surface area contributed by atoms with Crippen LogP contribution >= 0.6 is 0 Å². The Labute approximate surface area is 131 Å². The number of aliphatic carboxylic acids is 2. The molecule has 2 aromatic rings. The van der Waals surface area contributed by atoms with E-state index in [1.807, 2.05) is 0 Å². The van der Waals surface area contributed by atoms with E-state index in [0.717, 1.165) is 0 Å². The smallest absolute Gasteiger partial charge is 0.312 e. The van der Waals surface area contributed by atoms with Gasteiger partial charge in [-0.1, -0.05) is 36.4 Å². The van der Waals surface area contributed by atoms with E-state index in [1.165, 1.54) is 6.07 Å². The molecule has 6 heteroatoms. The molecule has 0 aliphatic carbocycles. The number of carbonyl (C=O) groups is 2. The number of carboxylic acid groups (broad SMARTS) is 2. The minimum atomic E-state index is -1.23. The number of fused-ring (bicyclic) bond motifs is 1. The normalized spacial score (nSPS) is 15.0. The van der Waals surface area contributed by atoms with Crippen molar-refractivity contribution in [2.45, 2.75) is 11.8 Å². The summed E-state index contributed by atoms with van der Waals surface area (Å²) < 4.78 is 10.5. The average Bonchev–Trinajstić information content (AvgIpc) is 3.00. The van der Waals surface area contributed by atoms with Gasteiger partial charge < -0.3 is 19.7 Å². The van der Waals surface area contributed by atoms with Gasteiger partial charge in [-0.25, -0.2) is 0 Å². The molecule has 2 unspecified atom stereocenters. The zero-order valence-electron chi connectivity index (χ0n) is 12.0. The number of hydrogen-bond donors (Lipinski definition) is 2. The standard InChI is InChI=1S/C17H14O6/c18-16(19)14(10-4-2-1-3-5-10)15(17(20)21)11-6-7-12-13(8-11)23-9-22-12/h1-8,14-15H,9H2,(H,18,19)(H,20,21). The third kappa shape index (κ3) is 2.83. The zero-order valence-corrected chi connectivity index (χ0v) is 12.0. The van der Waals surface area contributed by atoms with Crippen molar-refractivity contribution in [1.29, 1.82) is 0 Å². The molecule has 0 aromatic heterocycles. The van der Waals surface area contributed by atoms with Crippen LogP contribution in [0.1, 0.15) is 23.0 Å². The molecule has 2 N–H and O–H groups in total. The fourth-order valence-electron chi connectivity index (χ4n) is 2.72. The van der Waals surface area contributed by atoms with E-state index in [-0.39, 0.29) is 6.79 Å². The first-order valence-electron chi connectivity index (χ1n) is 6.98. The van der Waals surface area contributed by atoms with Gasteiger partial charge in [-0.05, 0) is 23.3 Å². The lowest BCUT2D eigenvalue weighted by Gasteiger charge is -2.21. The molecule has 2 atom stereocenters. The molecule has 3 rings (SSSR count). The third-order valence-electron chi connectivity index (χ3n) is 3.78. The van der Waals surface area contributed by atoms with Crippen LogP contribution in [-0.2, 0) is 9.59 Å². The molecular weight excluding hydrogens is 300 g/mol. The zero-order chi connectivity index (χ0) is 16.4. The van der Waals surface area contributed by atoms with Crippen LogP contribution in [-0.4, -0.2) is 28.9 Å². The van der Waals surface area contributed by atoms with Crippen molar-refractivity contribution < 1.29 is 29.3 Å². The van der Waals surface area contributed by atoms with Gasteiger partial charge in [-0.15, -0.1) is 0 Å². The van der Waals surface area contributed by atoms with Crippen LogP contribution < -0.4 is 9.47 Å². The van der Waals surface area contributed by atoms with Crippen molar-refractivity contribution in [3.05, 3.63) is 59.7 Å². The van der Waals surface area contributed by atoms with E-state index in [0.29, 0.717) is 22.6 Å². The van der Waals surface area contributed by atoms with Gasteiger partial charge in [0.15, 0.2) is 11.5 Å². The first-order chi connectivity index (χ1) is 11.1. The molecule has 0 spiro atoms. The van der Waals surface area contributed by atoms with E-state index >= 15 is 0 Å². The van der Waals surface area contributed by atoms with Crippen LogP contribution in [0.4, 0.5) is 0 Å². The topological polar surface area (TPSA) is 93.1 Å². The van der Waals surface area contributed by atoms with Crippen LogP contribution in [0, 0.1) is 0 Å². The summed E-state index contributed by atoms with van der Waals surface area (Å²) in [4.78, 5) is 23.5. The maximum atomic E-state index is 11.8. The minimum absolute atomic E-state index is 0.0670. The first kappa shape index (κ1) is 14.9. The third-order valence-corrected chi connectivity index (χ3v) is 3.78. The van der Waals surface area contributed by atoms with Crippen LogP contribution in [0.2, 0.25) is 0 Å². The second-order valence-corrected chi connectivity index (χ2v) is 5.16. The highest BCUT2D eigenvalue weighted by Crippen LogP contribution is 2.39. The fraction of sp³-hybridized carbons (Fsp3) is 0.176.